The second kappa shape index (κ2) is 8.71. The monoisotopic (exact) mass is 477 g/mol. The van der Waals surface area contributed by atoms with E-state index in [2.05, 4.69) is 26.0 Å². The average molecular weight is 478 g/mol. The number of carbonyl (C=O) groups is 1. The number of benzene rings is 2. The van der Waals surface area contributed by atoms with E-state index in [4.69, 9.17) is 4.74 Å². The van der Waals surface area contributed by atoms with Gasteiger partial charge in [0.2, 0.25) is 0 Å². The summed E-state index contributed by atoms with van der Waals surface area (Å²) < 4.78 is 35.8. The van der Waals surface area contributed by atoms with E-state index in [-0.39, 0.29) is 10.8 Å². The van der Waals surface area contributed by atoms with Gasteiger partial charge in [0.05, 0.1) is 21.7 Å². The smallest absolute Gasteiger partial charge is 0.272 e. The van der Waals surface area contributed by atoms with Crippen LogP contribution in [0.25, 0.3) is 0 Å². The fourth-order valence-corrected chi connectivity index (χ4v) is 4.27. The minimum Gasteiger partial charge on any atom is -0.493 e. The van der Waals surface area contributed by atoms with Crippen molar-refractivity contribution >= 4 is 43.2 Å². The van der Waals surface area contributed by atoms with E-state index >= 15 is 0 Å². The minimum absolute atomic E-state index is 0.0344. The van der Waals surface area contributed by atoms with Gasteiger partial charge in [-0.25, -0.2) is 8.42 Å². The molecule has 0 unspecified atom stereocenters. The first-order chi connectivity index (χ1) is 13.8. The van der Waals surface area contributed by atoms with Crippen LogP contribution in [0.5, 0.6) is 5.75 Å². The quantitative estimate of drug-likeness (QED) is 0.532. The summed E-state index contributed by atoms with van der Waals surface area (Å²) in [6, 6.07) is 14.4. The van der Waals surface area contributed by atoms with E-state index in [1.807, 2.05) is 6.92 Å². The summed E-state index contributed by atoms with van der Waals surface area (Å²) in [5.74, 6) is 0.302. The van der Waals surface area contributed by atoms with Crippen molar-refractivity contribution in [3.8, 4) is 5.75 Å². The van der Waals surface area contributed by atoms with Crippen LogP contribution in [0.15, 0.2) is 70.2 Å². The SMILES string of the molecule is CCOc1ccc(NS(=O)(=O)c2cccc(NC(=O)c3cccn3C)c2)cc1Br. The van der Waals surface area contributed by atoms with Gasteiger partial charge in [-0.3, -0.25) is 9.52 Å². The van der Waals surface area contributed by atoms with Gasteiger partial charge >= 0.3 is 0 Å². The van der Waals surface area contributed by atoms with Crippen molar-refractivity contribution in [3.05, 3.63) is 71.0 Å². The van der Waals surface area contributed by atoms with Gasteiger partial charge in [0, 0.05) is 18.9 Å². The lowest BCUT2D eigenvalue weighted by molar-refractivity contribution is 0.101. The van der Waals surface area contributed by atoms with E-state index in [0.29, 0.717) is 33.9 Å². The van der Waals surface area contributed by atoms with Crippen molar-refractivity contribution in [2.75, 3.05) is 16.6 Å². The summed E-state index contributed by atoms with van der Waals surface area (Å²) in [7, 11) is -2.09. The number of sulfonamides is 1. The van der Waals surface area contributed by atoms with Crippen LogP contribution < -0.4 is 14.8 Å². The van der Waals surface area contributed by atoms with Crippen LogP contribution in [0.2, 0.25) is 0 Å². The number of aromatic nitrogens is 1. The molecule has 1 heterocycles. The Hall–Kier alpha value is -2.78. The zero-order valence-electron chi connectivity index (χ0n) is 15.8. The van der Waals surface area contributed by atoms with E-state index in [0.717, 1.165) is 0 Å². The highest BCUT2D eigenvalue weighted by atomic mass is 79.9. The summed E-state index contributed by atoms with van der Waals surface area (Å²) in [6.45, 7) is 2.37. The Labute approximate surface area is 177 Å². The zero-order valence-corrected chi connectivity index (χ0v) is 18.2. The molecule has 3 rings (SSSR count). The highest BCUT2D eigenvalue weighted by Gasteiger charge is 2.17. The third-order valence-electron chi connectivity index (χ3n) is 4.06. The molecule has 0 fully saturated rings. The summed E-state index contributed by atoms with van der Waals surface area (Å²) in [5, 5.41) is 2.72. The van der Waals surface area contributed by atoms with Gasteiger partial charge in [0.25, 0.3) is 15.9 Å². The van der Waals surface area contributed by atoms with E-state index in [1.165, 1.54) is 12.1 Å². The predicted octanol–water partition coefficient (Wildman–Crippen LogP) is 4.24. The molecule has 0 atom stereocenters. The van der Waals surface area contributed by atoms with Gasteiger partial charge < -0.3 is 14.6 Å². The highest BCUT2D eigenvalue weighted by molar-refractivity contribution is 9.10. The Bertz CT molecular complexity index is 1140. The maximum absolute atomic E-state index is 12.8. The summed E-state index contributed by atoms with van der Waals surface area (Å²) in [4.78, 5) is 12.4. The lowest BCUT2D eigenvalue weighted by Gasteiger charge is -2.12. The van der Waals surface area contributed by atoms with Crippen LogP contribution in [0.4, 0.5) is 11.4 Å². The molecule has 0 aliphatic heterocycles. The third kappa shape index (κ3) is 4.99. The fourth-order valence-electron chi connectivity index (χ4n) is 2.68. The summed E-state index contributed by atoms with van der Waals surface area (Å²) in [6.07, 6.45) is 1.76. The lowest BCUT2D eigenvalue weighted by atomic mass is 10.3. The van der Waals surface area contributed by atoms with Gasteiger partial charge in [-0.05, 0) is 71.4 Å². The van der Waals surface area contributed by atoms with Crippen LogP contribution in [-0.4, -0.2) is 25.5 Å². The van der Waals surface area contributed by atoms with Crippen molar-refractivity contribution < 1.29 is 17.9 Å². The number of halogens is 1. The van der Waals surface area contributed by atoms with Crippen molar-refractivity contribution in [3.63, 3.8) is 0 Å². The van der Waals surface area contributed by atoms with Gasteiger partial charge in [-0.2, -0.15) is 0 Å². The highest BCUT2D eigenvalue weighted by Crippen LogP contribution is 2.29. The molecule has 1 amide bonds. The number of hydrogen-bond acceptors (Lipinski definition) is 4. The first kappa shape index (κ1) is 20.9. The molecular formula is C20H20BrN3O4S. The number of amides is 1. The van der Waals surface area contributed by atoms with E-state index in [9.17, 15) is 13.2 Å². The molecule has 9 heteroatoms. The Balaban J connectivity index is 1.79. The van der Waals surface area contributed by atoms with Gasteiger partial charge in [-0.1, -0.05) is 6.07 Å². The zero-order chi connectivity index (χ0) is 21.0. The Kier molecular flexibility index (Phi) is 6.29. The van der Waals surface area contributed by atoms with Gasteiger partial charge in [0.1, 0.15) is 11.4 Å². The maximum Gasteiger partial charge on any atom is 0.272 e. The molecule has 0 aliphatic carbocycles. The second-order valence-corrected chi connectivity index (χ2v) is 8.71. The van der Waals surface area contributed by atoms with Crippen molar-refractivity contribution in [2.45, 2.75) is 11.8 Å². The van der Waals surface area contributed by atoms with Gasteiger partial charge in [-0.15, -0.1) is 0 Å². The molecule has 0 radical (unpaired) electrons. The molecule has 1 aromatic heterocycles. The predicted molar refractivity (Wildman–Crippen MR) is 116 cm³/mol. The first-order valence-corrected chi connectivity index (χ1v) is 11.1. The molecule has 0 spiro atoms. The van der Waals surface area contributed by atoms with Crippen molar-refractivity contribution in [1.29, 1.82) is 0 Å². The van der Waals surface area contributed by atoms with Crippen molar-refractivity contribution in [2.24, 2.45) is 7.05 Å². The molecule has 152 valence electrons. The lowest BCUT2D eigenvalue weighted by Crippen LogP contribution is -2.16. The normalized spacial score (nSPS) is 11.1. The number of rotatable bonds is 7. The number of anilines is 2. The Morgan fingerprint density at radius 2 is 1.90 bits per heavy atom. The number of nitrogens with one attached hydrogen (secondary N) is 2. The number of hydrogen-bond donors (Lipinski definition) is 2. The number of nitrogens with zero attached hydrogens (tertiary/aromatic N) is 1. The average Bonchev–Trinajstić information content (AvgIpc) is 3.10. The molecule has 0 saturated heterocycles. The topological polar surface area (TPSA) is 89.4 Å². The molecule has 3 aromatic rings. The molecule has 0 aliphatic rings. The molecular weight excluding hydrogens is 458 g/mol. The van der Waals surface area contributed by atoms with Crippen LogP contribution in [-0.2, 0) is 17.1 Å². The van der Waals surface area contributed by atoms with E-state index in [1.54, 1.807) is 60.3 Å². The molecule has 2 N–H and O–H groups in total. The van der Waals surface area contributed by atoms with Crippen LogP contribution in [0.1, 0.15) is 17.4 Å². The Morgan fingerprint density at radius 1 is 1.10 bits per heavy atom. The third-order valence-corrected chi connectivity index (χ3v) is 6.06. The van der Waals surface area contributed by atoms with Crippen LogP contribution >= 0.6 is 15.9 Å². The molecule has 0 bridgehead atoms. The van der Waals surface area contributed by atoms with Gasteiger partial charge in [0.15, 0.2) is 0 Å². The van der Waals surface area contributed by atoms with Crippen LogP contribution in [0.3, 0.4) is 0 Å². The molecule has 2 aromatic carbocycles. The fraction of sp³-hybridized carbons (Fsp3) is 0.150. The summed E-state index contributed by atoms with van der Waals surface area (Å²) in [5.41, 5.74) is 1.24. The largest absolute Gasteiger partial charge is 0.493 e. The molecule has 0 saturated carbocycles. The number of carbonyl (C=O) groups excluding carboxylic acids is 1. The van der Waals surface area contributed by atoms with Crippen LogP contribution in [0, 0.1) is 0 Å². The molecule has 29 heavy (non-hydrogen) atoms. The van der Waals surface area contributed by atoms with E-state index < -0.39 is 10.0 Å². The first-order valence-electron chi connectivity index (χ1n) is 8.78. The Morgan fingerprint density at radius 3 is 2.55 bits per heavy atom. The number of aryl methyl sites for hydroxylation is 1. The van der Waals surface area contributed by atoms with Crippen molar-refractivity contribution in [1.82, 2.24) is 4.57 Å². The minimum atomic E-state index is -3.84. The maximum atomic E-state index is 12.8. The molecule has 7 nitrogen and oxygen atoms in total. The second-order valence-electron chi connectivity index (χ2n) is 6.17. The summed E-state index contributed by atoms with van der Waals surface area (Å²) >= 11 is 3.37. The number of ether oxygens (including phenoxy) is 1. The standard InChI is InChI=1S/C20H20BrN3O4S/c1-3-28-19-10-9-15(13-17(19)21)23-29(26,27)16-7-4-6-14(12-16)22-20(25)18-8-5-11-24(18)2/h4-13,23H,3H2,1-2H3,(H,22,25).